The van der Waals surface area contributed by atoms with Gasteiger partial charge in [-0.05, 0) is 73.3 Å². The lowest BCUT2D eigenvalue weighted by Gasteiger charge is -2.37. The zero-order chi connectivity index (χ0) is 33.3. The van der Waals surface area contributed by atoms with Crippen LogP contribution in [0.15, 0.2) is 90.1 Å². The Morgan fingerprint density at radius 2 is 1.68 bits per heavy atom. The maximum absolute atomic E-state index is 15.4. The van der Waals surface area contributed by atoms with Gasteiger partial charge in [0.15, 0.2) is 0 Å². The van der Waals surface area contributed by atoms with Gasteiger partial charge in [0.05, 0.1) is 34.6 Å². The Kier molecular flexibility index (Phi) is 9.16. The van der Waals surface area contributed by atoms with Crippen molar-refractivity contribution in [1.82, 2.24) is 19.9 Å². The summed E-state index contributed by atoms with van der Waals surface area (Å²) in [5.41, 5.74) is 0.00949. The molecule has 1 aromatic heterocycles. The fraction of sp³-hybridized carbons (Fsp3) is 0.294. The third kappa shape index (κ3) is 6.53. The third-order valence-corrected chi connectivity index (χ3v) is 11.1. The number of aromatic nitrogens is 1. The predicted molar refractivity (Wildman–Crippen MR) is 168 cm³/mol. The Morgan fingerprint density at radius 3 is 2.36 bits per heavy atom. The van der Waals surface area contributed by atoms with Crippen LogP contribution in [0.25, 0.3) is 0 Å². The van der Waals surface area contributed by atoms with Gasteiger partial charge in [-0.3, -0.25) is 9.78 Å². The summed E-state index contributed by atoms with van der Waals surface area (Å²) in [7, 11) is -2.33. The Hall–Kier alpha value is -4.17. The number of anilines is 1. The van der Waals surface area contributed by atoms with Crippen molar-refractivity contribution < 1.29 is 30.8 Å². The molecule has 1 amide bonds. The number of hydrogen-bond acceptors (Lipinski definition) is 6. The molecule has 1 aliphatic carbocycles. The molecular weight excluding hydrogens is 634 g/mol. The largest absolute Gasteiger partial charge is 0.323 e. The van der Waals surface area contributed by atoms with E-state index in [-0.39, 0.29) is 40.6 Å². The molecule has 2 fully saturated rings. The van der Waals surface area contributed by atoms with Crippen LogP contribution < -0.4 is 16.0 Å². The molecule has 13 heteroatoms. The predicted octanol–water partition coefficient (Wildman–Crippen LogP) is 4.59. The minimum absolute atomic E-state index is 0.0850. The number of likely N-dealkylation sites (N-methyl/N-ethyl adjacent to an activating group) is 1. The van der Waals surface area contributed by atoms with E-state index in [9.17, 15) is 26.4 Å². The molecule has 2 aliphatic rings. The topological polar surface area (TPSA) is 103 Å². The third-order valence-electron chi connectivity index (χ3n) is 9.06. The van der Waals surface area contributed by atoms with Gasteiger partial charge in [0.25, 0.3) is 0 Å². The molecule has 1 saturated heterocycles. The molecule has 3 N–H and O–H groups in total. The second kappa shape index (κ2) is 13.1. The lowest BCUT2D eigenvalue weighted by molar-refractivity contribution is -0.118. The number of piperazine rings is 1. The number of hydrogen-bond donors (Lipinski definition) is 3. The molecule has 4 atom stereocenters. The lowest BCUT2D eigenvalue weighted by Crippen LogP contribution is -2.56. The molecule has 1 saturated carbocycles. The standard InChI is InChI=1S/C34H33F4N5O3S/c1-39-32(31(21-7-9-24(35)10-8-21)22-13-25(36)16-26(37)14-22)33(44)42-30-19-41-18-29(38)28(30)15-23-17-34(23)20-40-11-12-43(34)47(45,46)27-5-3-2-4-6-27/h2-10,13-14,16,18-19,23,31-32,39-40H,11-12,15,17,20H2,1H3,(H,42,44)/t23-,31+,32+,34+/m1/s1. The Labute approximate surface area is 270 Å². The monoisotopic (exact) mass is 667 g/mol. The van der Waals surface area contributed by atoms with Crippen molar-refractivity contribution >= 4 is 21.6 Å². The van der Waals surface area contributed by atoms with E-state index in [1.54, 1.807) is 30.3 Å². The first-order chi connectivity index (χ1) is 22.5. The molecule has 4 aromatic rings. The number of carbonyl (C=O) groups is 1. The molecule has 3 aromatic carbocycles. The van der Waals surface area contributed by atoms with Gasteiger partial charge in [-0.1, -0.05) is 30.3 Å². The second-order valence-corrected chi connectivity index (χ2v) is 13.8. The molecule has 1 spiro atoms. The van der Waals surface area contributed by atoms with Crippen LogP contribution in [0.4, 0.5) is 23.2 Å². The molecular formula is C34H33F4N5O3S. The Balaban J connectivity index is 1.28. The van der Waals surface area contributed by atoms with Gasteiger partial charge in [0.2, 0.25) is 15.9 Å². The van der Waals surface area contributed by atoms with Crippen LogP contribution in [-0.4, -0.2) is 61.9 Å². The van der Waals surface area contributed by atoms with Crippen LogP contribution in [0.5, 0.6) is 0 Å². The molecule has 0 bridgehead atoms. The number of sulfonamides is 1. The van der Waals surface area contributed by atoms with Crippen molar-refractivity contribution in [1.29, 1.82) is 0 Å². The van der Waals surface area contributed by atoms with E-state index in [0.717, 1.165) is 18.3 Å². The maximum Gasteiger partial charge on any atom is 0.243 e. The number of pyridine rings is 1. The van der Waals surface area contributed by atoms with E-state index in [4.69, 9.17) is 0 Å². The highest BCUT2D eigenvalue weighted by Gasteiger charge is 2.62. The molecule has 1 aliphatic heterocycles. The van der Waals surface area contributed by atoms with Gasteiger partial charge in [-0.25, -0.2) is 26.0 Å². The SMILES string of the molecule is CN[C@H](C(=O)Nc1cncc(F)c1C[C@@H]1C[C@]12CNCCN2S(=O)(=O)c1ccccc1)[C@@H](c1ccc(F)cc1)c1cc(F)cc(F)c1. The summed E-state index contributed by atoms with van der Waals surface area (Å²) in [6.07, 6.45) is 2.94. The van der Waals surface area contributed by atoms with E-state index in [0.29, 0.717) is 31.1 Å². The zero-order valence-corrected chi connectivity index (χ0v) is 26.2. The minimum Gasteiger partial charge on any atom is -0.323 e. The van der Waals surface area contributed by atoms with Crippen LogP contribution in [0, 0.1) is 29.2 Å². The van der Waals surface area contributed by atoms with Crippen molar-refractivity contribution in [3.63, 3.8) is 0 Å². The highest BCUT2D eigenvalue weighted by molar-refractivity contribution is 7.89. The van der Waals surface area contributed by atoms with Crippen molar-refractivity contribution in [2.75, 3.05) is 32.0 Å². The summed E-state index contributed by atoms with van der Waals surface area (Å²) in [4.78, 5) is 18.0. The van der Waals surface area contributed by atoms with Gasteiger partial charge in [0, 0.05) is 37.2 Å². The van der Waals surface area contributed by atoms with Gasteiger partial charge in [-0.15, -0.1) is 0 Å². The Morgan fingerprint density at radius 1 is 0.979 bits per heavy atom. The van der Waals surface area contributed by atoms with Gasteiger partial charge in [0.1, 0.15) is 23.3 Å². The van der Waals surface area contributed by atoms with Gasteiger partial charge >= 0.3 is 0 Å². The maximum atomic E-state index is 15.4. The fourth-order valence-corrected chi connectivity index (χ4v) is 8.57. The smallest absolute Gasteiger partial charge is 0.243 e. The zero-order valence-electron chi connectivity index (χ0n) is 25.4. The van der Waals surface area contributed by atoms with Crippen LogP contribution in [0.3, 0.4) is 0 Å². The van der Waals surface area contributed by atoms with E-state index < -0.39 is 56.7 Å². The quantitative estimate of drug-likeness (QED) is 0.214. The molecule has 0 unspecified atom stereocenters. The van der Waals surface area contributed by atoms with E-state index in [2.05, 4.69) is 20.9 Å². The number of amides is 1. The number of nitrogens with one attached hydrogen (secondary N) is 3. The van der Waals surface area contributed by atoms with E-state index in [1.807, 2.05) is 0 Å². The molecule has 246 valence electrons. The molecule has 8 nitrogen and oxygen atoms in total. The summed E-state index contributed by atoms with van der Waals surface area (Å²) in [6.45, 7) is 1.12. The summed E-state index contributed by atoms with van der Waals surface area (Å²) < 4.78 is 86.8. The first-order valence-corrected chi connectivity index (χ1v) is 16.6. The van der Waals surface area contributed by atoms with Crippen molar-refractivity contribution in [2.45, 2.75) is 35.2 Å². The number of carbonyl (C=O) groups excluding carboxylic acids is 1. The van der Waals surface area contributed by atoms with Crippen LogP contribution in [0.1, 0.15) is 29.0 Å². The highest BCUT2D eigenvalue weighted by Crippen LogP contribution is 2.53. The summed E-state index contributed by atoms with van der Waals surface area (Å²) in [5, 5.41) is 8.92. The number of benzene rings is 3. The van der Waals surface area contributed by atoms with Crippen molar-refractivity contribution in [2.24, 2.45) is 5.92 Å². The van der Waals surface area contributed by atoms with Gasteiger partial charge < -0.3 is 16.0 Å². The molecule has 2 heterocycles. The summed E-state index contributed by atoms with van der Waals surface area (Å²) in [6, 6.07) is 15.2. The second-order valence-electron chi connectivity index (χ2n) is 11.9. The van der Waals surface area contributed by atoms with Crippen molar-refractivity contribution in [3.05, 3.63) is 125 Å². The minimum atomic E-state index is -3.83. The van der Waals surface area contributed by atoms with Crippen LogP contribution >= 0.6 is 0 Å². The first-order valence-electron chi connectivity index (χ1n) is 15.1. The van der Waals surface area contributed by atoms with Crippen LogP contribution in [0.2, 0.25) is 0 Å². The molecule has 6 rings (SSSR count). The molecule has 47 heavy (non-hydrogen) atoms. The number of nitrogens with zero attached hydrogens (tertiary/aromatic N) is 2. The summed E-state index contributed by atoms with van der Waals surface area (Å²) in [5.74, 6) is -4.78. The molecule has 0 radical (unpaired) electrons. The normalized spacial score (nSPS) is 20.9. The first kappa shape index (κ1) is 32.8. The van der Waals surface area contributed by atoms with Crippen molar-refractivity contribution in [3.8, 4) is 0 Å². The highest BCUT2D eigenvalue weighted by atomic mass is 32.2. The lowest BCUT2D eigenvalue weighted by atomic mass is 9.84. The van der Waals surface area contributed by atoms with E-state index >= 15 is 4.39 Å². The fourth-order valence-electron chi connectivity index (χ4n) is 6.71. The number of halogens is 4. The van der Waals surface area contributed by atoms with Gasteiger partial charge in [-0.2, -0.15) is 4.31 Å². The average Bonchev–Trinajstić information content (AvgIpc) is 3.72. The van der Waals surface area contributed by atoms with Crippen LogP contribution in [-0.2, 0) is 21.2 Å². The van der Waals surface area contributed by atoms with E-state index in [1.165, 1.54) is 41.8 Å². The average molecular weight is 668 g/mol. The Bertz CT molecular complexity index is 1860. The summed E-state index contributed by atoms with van der Waals surface area (Å²) >= 11 is 0. The number of rotatable bonds is 10.